The molecule has 0 saturated carbocycles. The van der Waals surface area contributed by atoms with Gasteiger partial charge >= 0.3 is 6.09 Å². The molecule has 3 aromatic rings. The zero-order valence-corrected chi connectivity index (χ0v) is 20.1. The van der Waals surface area contributed by atoms with Gasteiger partial charge in [-0.05, 0) is 38.3 Å². The van der Waals surface area contributed by atoms with Crippen LogP contribution in [0.25, 0.3) is 11.0 Å². The number of sulfone groups is 1. The Morgan fingerprint density at radius 2 is 2.12 bits per heavy atom. The highest BCUT2D eigenvalue weighted by molar-refractivity contribution is 7.91. The van der Waals surface area contributed by atoms with Crippen LogP contribution in [-0.2, 0) is 22.8 Å². The van der Waals surface area contributed by atoms with Crippen LogP contribution < -0.4 is 4.90 Å². The van der Waals surface area contributed by atoms with Gasteiger partial charge < -0.3 is 9.67 Å². The number of hydrogen-bond donors (Lipinski definition) is 1. The van der Waals surface area contributed by atoms with Gasteiger partial charge in [0.15, 0.2) is 9.84 Å². The maximum absolute atomic E-state index is 12.3. The molecule has 4 heterocycles. The van der Waals surface area contributed by atoms with Gasteiger partial charge in [0.2, 0.25) is 0 Å². The first-order chi connectivity index (χ1) is 15.6. The summed E-state index contributed by atoms with van der Waals surface area (Å²) in [5.74, 6) is 0.967. The number of carbonyl (C=O) groups is 1. The second-order valence-electron chi connectivity index (χ2n) is 9.15. The van der Waals surface area contributed by atoms with Crippen molar-refractivity contribution >= 4 is 44.3 Å². The Balaban J connectivity index is 1.66. The van der Waals surface area contributed by atoms with Gasteiger partial charge in [-0.25, -0.2) is 18.2 Å². The number of rotatable bonds is 4. The first-order valence-corrected chi connectivity index (χ1v) is 13.3. The lowest BCUT2D eigenvalue weighted by atomic mass is 9.95. The van der Waals surface area contributed by atoms with E-state index in [-0.39, 0.29) is 29.5 Å². The van der Waals surface area contributed by atoms with Gasteiger partial charge in [-0.3, -0.25) is 9.58 Å². The fourth-order valence-corrected chi connectivity index (χ4v) is 7.07. The lowest BCUT2D eigenvalue weighted by molar-refractivity contribution is 0.198. The molecular formula is C22H26ClN5O4S. The molecule has 11 heteroatoms. The third kappa shape index (κ3) is 3.89. The van der Waals surface area contributed by atoms with Gasteiger partial charge in [0.1, 0.15) is 5.82 Å². The highest BCUT2D eigenvalue weighted by Gasteiger charge is 2.35. The number of carboxylic acid groups (broad SMARTS) is 1. The van der Waals surface area contributed by atoms with Crippen LogP contribution in [0.2, 0.25) is 5.02 Å². The number of benzene rings is 1. The van der Waals surface area contributed by atoms with Gasteiger partial charge in [0.05, 0.1) is 52.0 Å². The van der Waals surface area contributed by atoms with Gasteiger partial charge in [0.25, 0.3) is 0 Å². The Hall–Kier alpha value is -2.59. The largest absolute Gasteiger partial charge is 0.465 e. The average Bonchev–Trinajstić information content (AvgIpc) is 3.43. The molecule has 0 bridgehead atoms. The molecule has 1 aromatic carbocycles. The van der Waals surface area contributed by atoms with Crippen LogP contribution in [0.1, 0.15) is 50.0 Å². The molecule has 1 N–H and O–H groups in total. The van der Waals surface area contributed by atoms with E-state index in [0.717, 1.165) is 28.8 Å². The van der Waals surface area contributed by atoms with Gasteiger partial charge in [-0.2, -0.15) is 5.10 Å². The number of hydrogen-bond acceptors (Lipinski definition) is 5. The van der Waals surface area contributed by atoms with E-state index < -0.39 is 15.9 Å². The first-order valence-electron chi connectivity index (χ1n) is 11.1. The normalized spacial score (nSPS) is 23.1. The molecule has 33 heavy (non-hydrogen) atoms. The van der Waals surface area contributed by atoms with Crippen molar-refractivity contribution in [3.05, 3.63) is 40.9 Å². The molecule has 0 aliphatic carbocycles. The predicted octanol–water partition coefficient (Wildman–Crippen LogP) is 3.87. The van der Waals surface area contributed by atoms with Gasteiger partial charge in [-0.15, -0.1) is 0 Å². The quantitative estimate of drug-likeness (QED) is 0.593. The second kappa shape index (κ2) is 8.02. The van der Waals surface area contributed by atoms with Crippen molar-refractivity contribution in [2.45, 2.75) is 57.7 Å². The number of imidazole rings is 1. The van der Waals surface area contributed by atoms with Crippen molar-refractivity contribution in [2.75, 3.05) is 16.4 Å². The molecule has 2 aliphatic rings. The Morgan fingerprint density at radius 3 is 2.76 bits per heavy atom. The summed E-state index contributed by atoms with van der Waals surface area (Å²) in [4.78, 5) is 18.4. The summed E-state index contributed by atoms with van der Waals surface area (Å²) in [6.07, 6.45) is 4.32. The van der Waals surface area contributed by atoms with Crippen molar-refractivity contribution in [3.8, 4) is 0 Å². The number of fused-ring (bicyclic) bond motifs is 3. The average molecular weight is 492 g/mol. The van der Waals surface area contributed by atoms with E-state index in [1.807, 2.05) is 26.0 Å². The summed E-state index contributed by atoms with van der Waals surface area (Å²) < 4.78 is 28.4. The van der Waals surface area contributed by atoms with Gasteiger partial charge in [0, 0.05) is 23.7 Å². The van der Waals surface area contributed by atoms with E-state index in [0.29, 0.717) is 30.1 Å². The van der Waals surface area contributed by atoms with Crippen molar-refractivity contribution < 1.29 is 18.3 Å². The maximum Gasteiger partial charge on any atom is 0.412 e. The van der Waals surface area contributed by atoms with Crippen LogP contribution in [0.4, 0.5) is 10.5 Å². The van der Waals surface area contributed by atoms with Crippen LogP contribution in [0.5, 0.6) is 0 Å². The Kier molecular flexibility index (Phi) is 5.40. The topological polar surface area (TPSA) is 110 Å². The summed E-state index contributed by atoms with van der Waals surface area (Å²) in [6, 6.07) is 3.42. The van der Waals surface area contributed by atoms with Crippen molar-refractivity contribution in [3.63, 3.8) is 0 Å². The summed E-state index contributed by atoms with van der Waals surface area (Å²) in [7, 11) is -3.10. The fraction of sp³-hybridized carbons (Fsp3) is 0.500. The predicted molar refractivity (Wildman–Crippen MR) is 126 cm³/mol. The van der Waals surface area contributed by atoms with E-state index >= 15 is 0 Å². The number of aromatic nitrogens is 4. The summed E-state index contributed by atoms with van der Waals surface area (Å²) in [6.45, 7) is 4.48. The van der Waals surface area contributed by atoms with Crippen LogP contribution >= 0.6 is 11.6 Å². The molecular weight excluding hydrogens is 466 g/mol. The van der Waals surface area contributed by atoms with E-state index in [4.69, 9.17) is 16.6 Å². The summed E-state index contributed by atoms with van der Waals surface area (Å²) in [5.41, 5.74) is 3.19. The monoisotopic (exact) mass is 491 g/mol. The van der Waals surface area contributed by atoms with E-state index in [1.54, 1.807) is 17.1 Å². The van der Waals surface area contributed by atoms with Crippen LogP contribution in [-0.4, -0.2) is 56.5 Å². The molecule has 1 fully saturated rings. The van der Waals surface area contributed by atoms with Crippen LogP contribution in [0.3, 0.4) is 0 Å². The number of anilines is 1. The fourth-order valence-electron chi connectivity index (χ4n) is 5.22. The molecule has 1 amide bonds. The molecule has 0 radical (unpaired) electrons. The lowest BCUT2D eigenvalue weighted by Crippen LogP contribution is -2.41. The second-order valence-corrected chi connectivity index (χ2v) is 11.8. The molecule has 176 valence electrons. The molecule has 1 saturated heterocycles. The first kappa shape index (κ1) is 22.2. The Morgan fingerprint density at radius 1 is 1.33 bits per heavy atom. The van der Waals surface area contributed by atoms with E-state index in [2.05, 4.69) is 9.67 Å². The SMILES string of the molecule is C[C@H](Cn1cc(Cl)cn1)c1nc2c3c(ccc2n1[C@@H]1CCS(=O)(=O)C1)N(C(=O)O)[C@@H](C)CC3. The third-order valence-electron chi connectivity index (χ3n) is 6.76. The minimum absolute atomic E-state index is 0.0644. The Labute approximate surface area is 196 Å². The van der Waals surface area contributed by atoms with Crippen molar-refractivity contribution in [2.24, 2.45) is 0 Å². The standard InChI is InChI=1S/C22H26ClN5O4S/c1-13(10-26-11-15(23)9-24-26)21-25-20-17-4-3-14(2)27(22(29)30)18(17)5-6-19(20)28(21)16-7-8-33(31,32)12-16/h5-6,9,11,13-14,16H,3-4,7-8,10,12H2,1-2H3,(H,29,30)/t13-,14+,16-/m1/s1. The lowest BCUT2D eigenvalue weighted by Gasteiger charge is -2.33. The summed E-state index contributed by atoms with van der Waals surface area (Å²) >= 11 is 6.03. The number of halogens is 1. The number of amides is 1. The number of aryl methyl sites for hydroxylation is 1. The minimum Gasteiger partial charge on any atom is -0.465 e. The molecule has 0 spiro atoms. The third-order valence-corrected chi connectivity index (χ3v) is 8.71. The number of nitrogens with zero attached hydrogens (tertiary/aromatic N) is 5. The van der Waals surface area contributed by atoms with Crippen LogP contribution in [0.15, 0.2) is 24.5 Å². The molecule has 2 aromatic heterocycles. The van der Waals surface area contributed by atoms with E-state index in [9.17, 15) is 18.3 Å². The highest BCUT2D eigenvalue weighted by atomic mass is 35.5. The van der Waals surface area contributed by atoms with Crippen molar-refractivity contribution in [1.82, 2.24) is 19.3 Å². The zero-order valence-electron chi connectivity index (χ0n) is 18.5. The minimum atomic E-state index is -3.10. The van der Waals surface area contributed by atoms with E-state index in [1.165, 1.54) is 4.90 Å². The summed E-state index contributed by atoms with van der Waals surface area (Å²) in [5, 5.41) is 14.6. The van der Waals surface area contributed by atoms with Gasteiger partial charge in [-0.1, -0.05) is 18.5 Å². The molecule has 2 aliphatic heterocycles. The zero-order chi connectivity index (χ0) is 23.5. The molecule has 5 rings (SSSR count). The highest BCUT2D eigenvalue weighted by Crippen LogP contribution is 2.39. The molecule has 9 nitrogen and oxygen atoms in total. The van der Waals surface area contributed by atoms with Crippen LogP contribution in [0, 0.1) is 0 Å². The molecule has 3 atom stereocenters. The Bertz CT molecular complexity index is 1350. The smallest absolute Gasteiger partial charge is 0.412 e. The molecule has 0 unspecified atom stereocenters. The van der Waals surface area contributed by atoms with Crippen molar-refractivity contribution in [1.29, 1.82) is 0 Å². The maximum atomic E-state index is 12.3.